The van der Waals surface area contributed by atoms with Crippen molar-refractivity contribution >= 4 is 17.5 Å². The Morgan fingerprint density at radius 1 is 1.41 bits per heavy atom. The molecule has 0 radical (unpaired) electrons. The van der Waals surface area contributed by atoms with Crippen molar-refractivity contribution < 1.29 is 9.53 Å². The fourth-order valence-electron chi connectivity index (χ4n) is 2.52. The maximum atomic E-state index is 12.5. The average Bonchev–Trinajstić information content (AvgIpc) is 2.56. The fourth-order valence-corrected chi connectivity index (χ4v) is 2.76. The van der Waals surface area contributed by atoms with Gasteiger partial charge in [0, 0.05) is 29.9 Å². The van der Waals surface area contributed by atoms with Crippen molar-refractivity contribution in [1.29, 1.82) is 0 Å². The molecule has 0 fully saturated rings. The fraction of sp³-hybridized carbons (Fsp3) is 0.312. The molecule has 3 rings (SSSR count). The predicted octanol–water partition coefficient (Wildman–Crippen LogP) is 2.87. The first-order valence-electron chi connectivity index (χ1n) is 7.13. The summed E-state index contributed by atoms with van der Waals surface area (Å²) in [6.45, 7) is 2.37. The second kappa shape index (κ2) is 6.32. The van der Waals surface area contributed by atoms with Crippen LogP contribution in [-0.2, 0) is 4.79 Å². The highest BCUT2D eigenvalue weighted by Crippen LogP contribution is 2.37. The third-order valence-corrected chi connectivity index (χ3v) is 4.11. The molecule has 0 saturated heterocycles. The van der Waals surface area contributed by atoms with Gasteiger partial charge in [-0.15, -0.1) is 0 Å². The molecule has 1 aliphatic heterocycles. The largest absolute Gasteiger partial charge is 0.492 e. The molecule has 2 atom stereocenters. The van der Waals surface area contributed by atoms with E-state index < -0.39 is 0 Å². The molecule has 2 unspecified atom stereocenters. The van der Waals surface area contributed by atoms with Crippen LogP contribution in [0.4, 0.5) is 0 Å². The number of nitrogens with one attached hydrogen (secondary N) is 1. The minimum atomic E-state index is -0.313. The van der Waals surface area contributed by atoms with Gasteiger partial charge in [-0.3, -0.25) is 4.79 Å². The van der Waals surface area contributed by atoms with Gasteiger partial charge in [0.15, 0.2) is 0 Å². The van der Waals surface area contributed by atoms with Crippen molar-refractivity contribution in [2.45, 2.75) is 25.3 Å². The summed E-state index contributed by atoms with van der Waals surface area (Å²) in [6, 6.07) is 5.49. The number of hydrogen-bond donors (Lipinski definition) is 1. The zero-order valence-corrected chi connectivity index (χ0v) is 12.9. The second-order valence-electron chi connectivity index (χ2n) is 5.25. The number of benzene rings is 1. The normalized spacial score (nSPS) is 18.0. The molecule has 1 N–H and O–H groups in total. The number of halogens is 1. The number of carbonyl (C=O) groups excluding carboxylic acids is 1. The van der Waals surface area contributed by atoms with Gasteiger partial charge in [-0.25, -0.2) is 9.97 Å². The molecule has 2 aromatic rings. The molecule has 0 aliphatic carbocycles. The van der Waals surface area contributed by atoms with Crippen LogP contribution in [0.1, 0.15) is 36.4 Å². The van der Waals surface area contributed by atoms with Crippen molar-refractivity contribution in [2.75, 3.05) is 6.61 Å². The Kier molecular flexibility index (Phi) is 4.24. The smallest absolute Gasteiger partial charge is 0.227 e. The van der Waals surface area contributed by atoms with E-state index in [-0.39, 0.29) is 17.9 Å². The number of amides is 1. The molecule has 1 aromatic heterocycles. The Morgan fingerprint density at radius 2 is 2.18 bits per heavy atom. The minimum absolute atomic E-state index is 0.0624. The van der Waals surface area contributed by atoms with Crippen LogP contribution in [0.3, 0.4) is 0 Å². The van der Waals surface area contributed by atoms with Gasteiger partial charge in [0.1, 0.15) is 12.1 Å². The highest BCUT2D eigenvalue weighted by molar-refractivity contribution is 6.32. The van der Waals surface area contributed by atoms with Crippen molar-refractivity contribution in [3.63, 3.8) is 0 Å². The first-order chi connectivity index (χ1) is 10.7. The van der Waals surface area contributed by atoms with Crippen LogP contribution in [-0.4, -0.2) is 22.5 Å². The highest BCUT2D eigenvalue weighted by atomic mass is 35.5. The molecule has 6 heteroatoms. The molecule has 114 valence electrons. The molecular weight excluding hydrogens is 302 g/mol. The Labute approximate surface area is 133 Å². The lowest BCUT2D eigenvalue weighted by Crippen LogP contribution is -2.34. The van der Waals surface area contributed by atoms with Crippen LogP contribution in [0.2, 0.25) is 5.02 Å². The maximum absolute atomic E-state index is 12.5. The number of para-hydroxylation sites is 1. The van der Waals surface area contributed by atoms with E-state index in [0.29, 0.717) is 17.4 Å². The van der Waals surface area contributed by atoms with E-state index in [0.717, 1.165) is 17.5 Å². The van der Waals surface area contributed by atoms with E-state index in [1.807, 2.05) is 19.1 Å². The number of fused-ring (bicyclic) bond motifs is 1. The van der Waals surface area contributed by atoms with Crippen LogP contribution in [0.15, 0.2) is 36.9 Å². The summed E-state index contributed by atoms with van der Waals surface area (Å²) in [4.78, 5) is 20.4. The molecule has 22 heavy (non-hydrogen) atoms. The Bertz CT molecular complexity index is 678. The lowest BCUT2D eigenvalue weighted by molar-refractivity contribution is -0.123. The number of ether oxygens (including phenoxy) is 1. The standard InChI is InChI=1S/C16H16ClN3O2/c1-10(11-7-18-9-19-8-11)16(21)20-14-5-6-22-15-12(14)3-2-4-13(15)17/h2-4,7-10,14H,5-6H2,1H3,(H,20,21). The molecule has 1 amide bonds. The zero-order valence-electron chi connectivity index (χ0n) is 12.1. The number of rotatable bonds is 3. The summed E-state index contributed by atoms with van der Waals surface area (Å²) in [5, 5.41) is 3.64. The van der Waals surface area contributed by atoms with Gasteiger partial charge >= 0.3 is 0 Å². The van der Waals surface area contributed by atoms with E-state index in [9.17, 15) is 4.79 Å². The predicted molar refractivity (Wildman–Crippen MR) is 82.9 cm³/mol. The summed E-state index contributed by atoms with van der Waals surface area (Å²) < 4.78 is 5.61. The topological polar surface area (TPSA) is 64.1 Å². The van der Waals surface area contributed by atoms with Crippen LogP contribution >= 0.6 is 11.6 Å². The van der Waals surface area contributed by atoms with Crippen molar-refractivity contribution in [3.05, 3.63) is 53.1 Å². The number of aromatic nitrogens is 2. The zero-order chi connectivity index (χ0) is 15.5. The number of carbonyl (C=O) groups is 1. The third kappa shape index (κ3) is 2.90. The lowest BCUT2D eigenvalue weighted by atomic mass is 9.98. The second-order valence-corrected chi connectivity index (χ2v) is 5.66. The summed E-state index contributed by atoms with van der Waals surface area (Å²) >= 11 is 6.15. The SMILES string of the molecule is CC(C(=O)NC1CCOc2c(Cl)cccc21)c1cncnc1. The molecule has 5 nitrogen and oxygen atoms in total. The first kappa shape index (κ1) is 14.8. The Morgan fingerprint density at radius 3 is 2.95 bits per heavy atom. The Hall–Kier alpha value is -2.14. The number of nitrogens with zero attached hydrogens (tertiary/aromatic N) is 2. The van der Waals surface area contributed by atoms with E-state index >= 15 is 0 Å². The van der Waals surface area contributed by atoms with Gasteiger partial charge in [-0.2, -0.15) is 0 Å². The van der Waals surface area contributed by atoms with Gasteiger partial charge in [0.2, 0.25) is 5.91 Å². The highest BCUT2D eigenvalue weighted by Gasteiger charge is 2.26. The quantitative estimate of drug-likeness (QED) is 0.945. The average molecular weight is 318 g/mol. The number of hydrogen-bond acceptors (Lipinski definition) is 4. The van der Waals surface area contributed by atoms with Gasteiger partial charge in [0.25, 0.3) is 0 Å². The molecule has 0 spiro atoms. The van der Waals surface area contributed by atoms with Gasteiger partial charge in [0.05, 0.1) is 23.6 Å². The van der Waals surface area contributed by atoms with Crippen molar-refractivity contribution in [2.24, 2.45) is 0 Å². The molecular formula is C16H16ClN3O2. The van der Waals surface area contributed by atoms with Gasteiger partial charge in [-0.1, -0.05) is 23.7 Å². The van der Waals surface area contributed by atoms with Crippen molar-refractivity contribution in [3.8, 4) is 5.75 Å². The van der Waals surface area contributed by atoms with E-state index in [1.54, 1.807) is 18.5 Å². The summed E-state index contributed by atoms with van der Waals surface area (Å²) in [5.74, 6) is 0.288. The Balaban J connectivity index is 1.77. The molecule has 1 aromatic carbocycles. The van der Waals surface area contributed by atoms with Crippen LogP contribution < -0.4 is 10.1 Å². The monoisotopic (exact) mass is 317 g/mol. The molecule has 0 saturated carbocycles. The van der Waals surface area contributed by atoms with Crippen LogP contribution in [0.25, 0.3) is 0 Å². The minimum Gasteiger partial charge on any atom is -0.492 e. The third-order valence-electron chi connectivity index (χ3n) is 3.82. The van der Waals surface area contributed by atoms with Crippen LogP contribution in [0.5, 0.6) is 5.75 Å². The van der Waals surface area contributed by atoms with E-state index in [2.05, 4.69) is 15.3 Å². The molecule has 0 bridgehead atoms. The van der Waals surface area contributed by atoms with E-state index in [4.69, 9.17) is 16.3 Å². The molecule has 1 aliphatic rings. The van der Waals surface area contributed by atoms with Gasteiger partial charge in [-0.05, 0) is 13.0 Å². The molecule has 2 heterocycles. The van der Waals surface area contributed by atoms with Gasteiger partial charge < -0.3 is 10.1 Å². The summed E-state index contributed by atoms with van der Waals surface area (Å²) in [7, 11) is 0. The first-order valence-corrected chi connectivity index (χ1v) is 7.51. The van der Waals surface area contributed by atoms with E-state index in [1.165, 1.54) is 6.33 Å². The van der Waals surface area contributed by atoms with Crippen LogP contribution in [0, 0.1) is 0 Å². The summed E-state index contributed by atoms with van der Waals surface area (Å²) in [6.07, 6.45) is 5.49. The van der Waals surface area contributed by atoms with Crippen molar-refractivity contribution in [1.82, 2.24) is 15.3 Å². The lowest BCUT2D eigenvalue weighted by Gasteiger charge is -2.28. The maximum Gasteiger partial charge on any atom is 0.227 e. The summed E-state index contributed by atoms with van der Waals surface area (Å²) in [5.41, 5.74) is 1.71.